The van der Waals surface area contributed by atoms with E-state index in [1.54, 1.807) is 0 Å². The Bertz CT molecular complexity index is 1140. The second-order valence-electron chi connectivity index (χ2n) is 12.9. The highest BCUT2D eigenvalue weighted by atomic mass is 31.1. The third kappa shape index (κ3) is 12.9. The van der Waals surface area contributed by atoms with E-state index in [2.05, 4.69) is 134 Å². The van der Waals surface area contributed by atoms with Crippen molar-refractivity contribution in [1.29, 1.82) is 5.26 Å². The Balaban J connectivity index is 0.000000256. The van der Waals surface area contributed by atoms with Crippen LogP contribution in [0.2, 0.25) is 0 Å². The fraction of sp³-hybridized carbons (Fsp3) is 0.419. The van der Waals surface area contributed by atoms with Crippen molar-refractivity contribution in [3.8, 4) is 6.07 Å². The first kappa shape index (κ1) is 37.3. The standard InChI is InChI=1S/C24H20B.C19H38NP/c1-5-13-21(14-6-1)25(22-15-7-2-8-16-22,23-17-9-3-10-18-23)24-19-11-4-12-20-24;1-2-3-4-5-6-7-8-9-10-11-12-13-14-15-18-21-19-16-17-20/h1-20H;21H,2-16,18-19H2,1H3/q-1;/p+1. The molecule has 1 nitrogen and oxygen atoms in total. The summed E-state index contributed by atoms with van der Waals surface area (Å²) in [6, 6.07) is 45.8. The molecule has 0 spiro atoms. The topological polar surface area (TPSA) is 23.8 Å². The van der Waals surface area contributed by atoms with Crippen molar-refractivity contribution >= 4 is 36.6 Å². The first-order chi connectivity index (χ1) is 22.8. The van der Waals surface area contributed by atoms with Gasteiger partial charge < -0.3 is 0 Å². The van der Waals surface area contributed by atoms with Gasteiger partial charge in [0.25, 0.3) is 0 Å². The molecule has 0 radical (unpaired) electrons. The van der Waals surface area contributed by atoms with E-state index in [1.165, 1.54) is 124 Å². The number of benzene rings is 4. The SMILES string of the molecule is CCCCCCCCCCCCCCCC[PH2+]CCC#N.c1ccc([B-](c2ccccc2)(c2ccccc2)c2ccccc2)cc1. The Hall–Kier alpha value is -3.14. The van der Waals surface area contributed by atoms with Crippen molar-refractivity contribution in [3.63, 3.8) is 0 Å². The second kappa shape index (κ2) is 24.1. The highest BCUT2D eigenvalue weighted by molar-refractivity contribution is 7.37. The third-order valence-corrected chi connectivity index (χ3v) is 10.9. The van der Waals surface area contributed by atoms with Crippen LogP contribution in [-0.4, -0.2) is 18.5 Å². The number of hydrogen-bond donors (Lipinski definition) is 0. The largest absolute Gasteiger partial charge is 0.198 e. The first-order valence-corrected chi connectivity index (χ1v) is 20.0. The molecular formula is C43H59BNP. The van der Waals surface area contributed by atoms with Crippen molar-refractivity contribution in [2.75, 3.05) is 12.3 Å². The van der Waals surface area contributed by atoms with Crippen LogP contribution in [0.5, 0.6) is 0 Å². The normalized spacial score (nSPS) is 11.2. The summed E-state index contributed by atoms with van der Waals surface area (Å²) in [6.45, 7) is 2.29. The molecule has 0 aliphatic carbocycles. The van der Waals surface area contributed by atoms with Gasteiger partial charge >= 0.3 is 0 Å². The van der Waals surface area contributed by atoms with Gasteiger partial charge in [-0.2, -0.15) is 27.1 Å². The monoisotopic (exact) mass is 631 g/mol. The molecule has 0 aromatic heterocycles. The van der Waals surface area contributed by atoms with Crippen LogP contribution in [0.3, 0.4) is 0 Å². The maximum absolute atomic E-state index is 8.46. The molecule has 0 saturated heterocycles. The highest BCUT2D eigenvalue weighted by Gasteiger charge is 2.31. The molecule has 0 aliphatic heterocycles. The van der Waals surface area contributed by atoms with Gasteiger partial charge in [-0.3, -0.25) is 0 Å². The van der Waals surface area contributed by atoms with Gasteiger partial charge in [-0.05, 0) is 21.4 Å². The average molecular weight is 632 g/mol. The van der Waals surface area contributed by atoms with Crippen molar-refractivity contribution in [2.24, 2.45) is 0 Å². The van der Waals surface area contributed by atoms with Gasteiger partial charge in [0, 0.05) is 0 Å². The Kier molecular flexibility index (Phi) is 19.6. The maximum Gasteiger partial charge on any atom is 0.108 e. The number of nitriles is 1. The summed E-state index contributed by atoms with van der Waals surface area (Å²) in [6.07, 6.45) is 22.4. The number of rotatable bonds is 21. The van der Waals surface area contributed by atoms with E-state index < -0.39 is 6.15 Å². The fourth-order valence-corrected chi connectivity index (χ4v) is 8.11. The van der Waals surface area contributed by atoms with E-state index in [9.17, 15) is 0 Å². The average Bonchev–Trinajstić information content (AvgIpc) is 3.12. The van der Waals surface area contributed by atoms with Gasteiger partial charge in [-0.1, -0.05) is 205 Å². The lowest BCUT2D eigenvalue weighted by Crippen LogP contribution is -2.74. The third-order valence-electron chi connectivity index (χ3n) is 9.42. The highest BCUT2D eigenvalue weighted by Crippen LogP contribution is 2.17. The lowest BCUT2D eigenvalue weighted by Gasteiger charge is -2.44. The van der Waals surface area contributed by atoms with E-state index in [1.807, 2.05) is 0 Å². The van der Waals surface area contributed by atoms with Crippen LogP contribution in [0.1, 0.15) is 103 Å². The number of nitrogens with zero attached hydrogens (tertiary/aromatic N) is 1. The molecule has 244 valence electrons. The van der Waals surface area contributed by atoms with E-state index in [0.29, 0.717) is 8.58 Å². The maximum atomic E-state index is 8.46. The molecular weight excluding hydrogens is 572 g/mol. The van der Waals surface area contributed by atoms with Gasteiger partial charge in [-0.25, -0.2) is 0 Å². The molecule has 0 bridgehead atoms. The summed E-state index contributed by atoms with van der Waals surface area (Å²) in [5.41, 5.74) is 5.36. The molecule has 46 heavy (non-hydrogen) atoms. The van der Waals surface area contributed by atoms with Gasteiger partial charge in [0.15, 0.2) is 0 Å². The summed E-state index contributed by atoms with van der Waals surface area (Å²) in [5.74, 6) is 0. The number of hydrogen-bond acceptors (Lipinski definition) is 1. The molecule has 0 aliphatic rings. The summed E-state index contributed by atoms with van der Waals surface area (Å²) >= 11 is 0. The smallest absolute Gasteiger partial charge is 0.108 e. The Morgan fingerprint density at radius 1 is 0.435 bits per heavy atom. The summed E-state index contributed by atoms with van der Waals surface area (Å²) < 4.78 is 0. The lowest BCUT2D eigenvalue weighted by atomic mass is 9.13. The molecule has 0 amide bonds. The van der Waals surface area contributed by atoms with E-state index in [-0.39, 0.29) is 0 Å². The summed E-state index contributed by atoms with van der Waals surface area (Å²) in [7, 11) is 0.572. The fourth-order valence-electron chi connectivity index (χ4n) is 6.92. The molecule has 0 saturated carbocycles. The van der Waals surface area contributed by atoms with E-state index in [0.717, 1.165) is 6.42 Å². The molecule has 0 heterocycles. The predicted molar refractivity (Wildman–Crippen MR) is 210 cm³/mol. The molecule has 1 unspecified atom stereocenters. The van der Waals surface area contributed by atoms with E-state index in [4.69, 9.17) is 5.26 Å². The van der Waals surface area contributed by atoms with Crippen LogP contribution in [0.25, 0.3) is 0 Å². The zero-order chi connectivity index (χ0) is 32.4. The van der Waals surface area contributed by atoms with Crippen LogP contribution < -0.4 is 21.9 Å². The Morgan fingerprint density at radius 3 is 1.04 bits per heavy atom. The first-order valence-electron chi connectivity index (χ1n) is 18.4. The molecule has 3 heteroatoms. The van der Waals surface area contributed by atoms with Crippen molar-refractivity contribution in [2.45, 2.75) is 103 Å². The van der Waals surface area contributed by atoms with Crippen LogP contribution in [0.15, 0.2) is 121 Å². The molecule has 1 atom stereocenters. The summed E-state index contributed by atoms with van der Waals surface area (Å²) in [4.78, 5) is 0. The van der Waals surface area contributed by atoms with Gasteiger partial charge in [-0.15, -0.1) is 0 Å². The minimum Gasteiger partial charge on any atom is -0.198 e. The van der Waals surface area contributed by atoms with Crippen LogP contribution in [0.4, 0.5) is 0 Å². The van der Waals surface area contributed by atoms with E-state index >= 15 is 0 Å². The predicted octanol–water partition coefficient (Wildman–Crippen LogP) is 9.86. The van der Waals surface area contributed by atoms with Crippen LogP contribution in [0, 0.1) is 11.3 Å². The lowest BCUT2D eigenvalue weighted by molar-refractivity contribution is 0.538. The minimum atomic E-state index is -1.22. The minimum absolute atomic E-state index is 0.572. The Labute approximate surface area is 284 Å². The molecule has 4 aromatic carbocycles. The number of unbranched alkanes of at least 4 members (excludes halogenated alkanes) is 13. The van der Waals surface area contributed by atoms with Crippen molar-refractivity contribution in [3.05, 3.63) is 121 Å². The molecule has 4 aromatic rings. The van der Waals surface area contributed by atoms with Gasteiger partial charge in [0.1, 0.15) is 6.15 Å². The zero-order valence-corrected chi connectivity index (χ0v) is 29.8. The second-order valence-corrected chi connectivity index (χ2v) is 14.6. The molecule has 0 fully saturated rings. The quantitative estimate of drug-likeness (QED) is 0.0510. The van der Waals surface area contributed by atoms with Gasteiger partial charge in [0.2, 0.25) is 0 Å². The summed E-state index contributed by atoms with van der Waals surface area (Å²) in [5, 5.41) is 8.46. The van der Waals surface area contributed by atoms with Crippen LogP contribution in [-0.2, 0) is 0 Å². The molecule has 0 N–H and O–H groups in total. The van der Waals surface area contributed by atoms with Crippen molar-refractivity contribution in [1.82, 2.24) is 0 Å². The molecule has 4 rings (SSSR count). The zero-order valence-electron chi connectivity index (χ0n) is 28.7. The van der Waals surface area contributed by atoms with Crippen LogP contribution >= 0.6 is 8.58 Å². The van der Waals surface area contributed by atoms with Gasteiger partial charge in [0.05, 0.1) is 24.8 Å². The Morgan fingerprint density at radius 2 is 0.739 bits per heavy atom. The van der Waals surface area contributed by atoms with Crippen molar-refractivity contribution < 1.29 is 0 Å².